The van der Waals surface area contributed by atoms with Crippen LogP contribution < -0.4 is 4.74 Å². The molecular formula is C27H22N2O5S2. The largest absolute Gasteiger partial charge is 0.482 e. The predicted molar refractivity (Wildman–Crippen MR) is 140 cm³/mol. The van der Waals surface area contributed by atoms with E-state index in [1.165, 1.54) is 33.5 Å². The Hall–Kier alpha value is -3.95. The summed E-state index contributed by atoms with van der Waals surface area (Å²) in [6.45, 7) is 3.21. The van der Waals surface area contributed by atoms with E-state index in [1.807, 2.05) is 54.8 Å². The molecule has 2 heterocycles. The molecule has 182 valence electrons. The lowest BCUT2D eigenvalue weighted by atomic mass is 10.0. The second-order valence-electron chi connectivity index (χ2n) is 8.39. The average molecular weight is 519 g/mol. The zero-order valence-corrected chi connectivity index (χ0v) is 21.1. The molecule has 0 saturated heterocycles. The van der Waals surface area contributed by atoms with Crippen molar-refractivity contribution in [3.63, 3.8) is 0 Å². The highest BCUT2D eigenvalue weighted by atomic mass is 32.2. The van der Waals surface area contributed by atoms with Crippen molar-refractivity contribution in [1.82, 2.24) is 8.96 Å². The van der Waals surface area contributed by atoms with Crippen LogP contribution in [-0.2, 0) is 14.8 Å². The van der Waals surface area contributed by atoms with Gasteiger partial charge < -0.3 is 9.84 Å². The number of aliphatic carboxylic acids is 1. The number of ether oxygens (including phenoxy) is 1. The summed E-state index contributed by atoms with van der Waals surface area (Å²) in [5.41, 5.74) is 4.98. The second kappa shape index (κ2) is 9.25. The maximum absolute atomic E-state index is 13.8. The lowest BCUT2D eigenvalue weighted by Gasteiger charge is -2.11. The number of thiazole rings is 1. The fraction of sp³-hybridized carbons (Fsp3) is 0.111. The van der Waals surface area contributed by atoms with Gasteiger partial charge in [-0.15, -0.1) is 11.3 Å². The highest BCUT2D eigenvalue weighted by Gasteiger charge is 2.24. The molecule has 0 fully saturated rings. The van der Waals surface area contributed by atoms with Crippen molar-refractivity contribution < 1.29 is 23.1 Å². The second-order valence-corrected chi connectivity index (χ2v) is 11.1. The van der Waals surface area contributed by atoms with Crippen LogP contribution in [0.15, 0.2) is 83.3 Å². The summed E-state index contributed by atoms with van der Waals surface area (Å²) in [6.07, 6.45) is 3.31. The zero-order chi connectivity index (χ0) is 25.4. The van der Waals surface area contributed by atoms with Crippen molar-refractivity contribution >= 4 is 38.2 Å². The summed E-state index contributed by atoms with van der Waals surface area (Å²) in [4.78, 5) is 15.3. The SMILES string of the molecule is Cc1ccc(-c2ccc3c(c2)c(-c2nccs2)cn3S(=O)(=O)c2ccc(OCC(=O)O)c(C)c2)cc1. The number of fused-ring (bicyclic) bond motifs is 1. The fourth-order valence-corrected chi connectivity index (χ4v) is 6.17. The Morgan fingerprint density at radius 3 is 2.44 bits per heavy atom. The molecule has 7 nitrogen and oxygen atoms in total. The van der Waals surface area contributed by atoms with E-state index in [4.69, 9.17) is 9.84 Å². The van der Waals surface area contributed by atoms with Crippen molar-refractivity contribution in [3.8, 4) is 27.4 Å². The van der Waals surface area contributed by atoms with Crippen LogP contribution in [0, 0.1) is 13.8 Å². The lowest BCUT2D eigenvalue weighted by molar-refractivity contribution is -0.139. The molecule has 0 spiro atoms. The van der Waals surface area contributed by atoms with E-state index in [2.05, 4.69) is 4.98 Å². The number of nitrogens with zero attached hydrogens (tertiary/aromatic N) is 2. The summed E-state index contributed by atoms with van der Waals surface area (Å²) in [5.74, 6) is -0.787. The molecule has 9 heteroatoms. The van der Waals surface area contributed by atoms with E-state index >= 15 is 0 Å². The summed E-state index contributed by atoms with van der Waals surface area (Å²) < 4.78 is 34.1. The van der Waals surface area contributed by atoms with Crippen LogP contribution in [0.5, 0.6) is 5.75 Å². The highest BCUT2D eigenvalue weighted by Crippen LogP contribution is 2.37. The van der Waals surface area contributed by atoms with Crippen molar-refractivity contribution in [3.05, 3.63) is 89.6 Å². The van der Waals surface area contributed by atoms with Crippen molar-refractivity contribution in [2.75, 3.05) is 6.61 Å². The van der Waals surface area contributed by atoms with Crippen LogP contribution in [0.4, 0.5) is 0 Å². The molecule has 0 aliphatic carbocycles. The monoisotopic (exact) mass is 518 g/mol. The van der Waals surface area contributed by atoms with Crippen LogP contribution >= 0.6 is 11.3 Å². The number of hydrogen-bond donors (Lipinski definition) is 1. The number of carbonyl (C=O) groups is 1. The third kappa shape index (κ3) is 4.38. The van der Waals surface area contributed by atoms with Crippen LogP contribution in [-0.4, -0.2) is 35.1 Å². The van der Waals surface area contributed by atoms with E-state index in [1.54, 1.807) is 19.3 Å². The first-order valence-corrected chi connectivity index (χ1v) is 13.4. The molecule has 0 aliphatic heterocycles. The van der Waals surface area contributed by atoms with E-state index in [9.17, 15) is 13.2 Å². The van der Waals surface area contributed by atoms with E-state index in [-0.39, 0.29) is 4.90 Å². The highest BCUT2D eigenvalue weighted by molar-refractivity contribution is 7.90. The third-order valence-corrected chi connectivity index (χ3v) is 8.35. The smallest absolute Gasteiger partial charge is 0.341 e. The van der Waals surface area contributed by atoms with Crippen LogP contribution in [0.1, 0.15) is 11.1 Å². The van der Waals surface area contributed by atoms with E-state index < -0.39 is 22.6 Å². The minimum atomic E-state index is -3.97. The Kier molecular flexibility index (Phi) is 6.11. The predicted octanol–water partition coefficient (Wildman–Crippen LogP) is 5.75. The summed E-state index contributed by atoms with van der Waals surface area (Å²) in [6, 6.07) is 18.3. The Morgan fingerprint density at radius 2 is 1.78 bits per heavy atom. The molecule has 36 heavy (non-hydrogen) atoms. The van der Waals surface area contributed by atoms with Crippen molar-refractivity contribution in [2.24, 2.45) is 0 Å². The van der Waals surface area contributed by atoms with Gasteiger partial charge in [-0.3, -0.25) is 0 Å². The minimum Gasteiger partial charge on any atom is -0.482 e. The van der Waals surface area contributed by atoms with Gasteiger partial charge >= 0.3 is 5.97 Å². The molecule has 0 aliphatic rings. The zero-order valence-electron chi connectivity index (χ0n) is 19.5. The average Bonchev–Trinajstić information content (AvgIpc) is 3.51. The Labute approximate surface area is 212 Å². The Bertz CT molecular complexity index is 1690. The first kappa shape index (κ1) is 23.8. The molecule has 0 amide bonds. The molecule has 1 N–H and O–H groups in total. The van der Waals surface area contributed by atoms with Gasteiger partial charge in [-0.1, -0.05) is 35.9 Å². The van der Waals surface area contributed by atoms with Gasteiger partial charge in [-0.2, -0.15) is 0 Å². The van der Waals surface area contributed by atoms with Gasteiger partial charge in [0.15, 0.2) is 6.61 Å². The summed E-state index contributed by atoms with van der Waals surface area (Å²) in [7, 11) is -3.97. The van der Waals surface area contributed by atoms with Gasteiger partial charge in [0.25, 0.3) is 10.0 Å². The number of aryl methyl sites for hydroxylation is 2. The minimum absolute atomic E-state index is 0.0767. The molecule has 5 rings (SSSR count). The fourth-order valence-electron chi connectivity index (χ4n) is 4.05. The number of carboxylic acid groups (broad SMARTS) is 1. The van der Waals surface area contributed by atoms with Crippen LogP contribution in [0.25, 0.3) is 32.6 Å². The molecule has 0 atom stereocenters. The topological polar surface area (TPSA) is 98.5 Å². The first-order chi connectivity index (χ1) is 17.2. The first-order valence-electron chi connectivity index (χ1n) is 11.1. The maximum Gasteiger partial charge on any atom is 0.341 e. The molecule has 5 aromatic rings. The van der Waals surface area contributed by atoms with Crippen molar-refractivity contribution in [1.29, 1.82) is 0 Å². The molecule has 3 aromatic carbocycles. The molecule has 0 bridgehead atoms. The Balaban J connectivity index is 1.64. The lowest BCUT2D eigenvalue weighted by Crippen LogP contribution is -2.13. The molecule has 0 saturated carbocycles. The molecule has 2 aromatic heterocycles. The normalized spacial score (nSPS) is 11.6. The van der Waals surface area contributed by atoms with Gasteiger partial charge in [0.05, 0.1) is 10.4 Å². The number of rotatable bonds is 7. The molecular weight excluding hydrogens is 496 g/mol. The number of aromatic nitrogens is 2. The quantitative estimate of drug-likeness (QED) is 0.295. The molecule has 0 unspecified atom stereocenters. The van der Waals surface area contributed by atoms with E-state index in [0.29, 0.717) is 16.8 Å². The number of hydrogen-bond acceptors (Lipinski definition) is 6. The van der Waals surface area contributed by atoms with Gasteiger partial charge in [-0.25, -0.2) is 22.2 Å². The van der Waals surface area contributed by atoms with Crippen molar-refractivity contribution in [2.45, 2.75) is 18.7 Å². The van der Waals surface area contributed by atoms with Gasteiger partial charge in [-0.05, 0) is 60.9 Å². The Morgan fingerprint density at radius 1 is 1.03 bits per heavy atom. The van der Waals surface area contributed by atoms with Crippen LogP contribution in [0.3, 0.4) is 0 Å². The number of carboxylic acids is 1. The molecule has 0 radical (unpaired) electrons. The maximum atomic E-state index is 13.8. The summed E-state index contributed by atoms with van der Waals surface area (Å²) >= 11 is 1.44. The van der Waals surface area contributed by atoms with E-state index in [0.717, 1.165) is 32.6 Å². The number of benzene rings is 3. The van der Waals surface area contributed by atoms with Crippen LogP contribution in [0.2, 0.25) is 0 Å². The standard InChI is InChI=1S/C27H22N2O5S2/c1-17-3-5-19(6-4-17)20-7-9-24-22(14-20)23(27-28-11-12-35-27)15-29(24)36(32,33)21-8-10-25(18(2)13-21)34-16-26(30)31/h3-15H,16H2,1-2H3,(H,30,31). The third-order valence-electron chi connectivity index (χ3n) is 5.87. The van der Waals surface area contributed by atoms with Gasteiger partial charge in [0.2, 0.25) is 0 Å². The van der Waals surface area contributed by atoms with Gasteiger partial charge in [0.1, 0.15) is 10.8 Å². The van der Waals surface area contributed by atoms with Gasteiger partial charge in [0, 0.05) is 28.7 Å². The summed E-state index contributed by atoms with van der Waals surface area (Å²) in [5, 5.41) is 12.2.